The molecule has 3 aliphatic heterocycles. The van der Waals surface area contributed by atoms with Crippen LogP contribution in [0.1, 0.15) is 83.2 Å². The molecular weight excluding hydrogens is 819 g/mol. The number of hydrogen-bond acceptors (Lipinski definition) is 10. The lowest BCUT2D eigenvalue weighted by molar-refractivity contribution is -0.145. The first-order valence-electron chi connectivity index (χ1n) is 21.2. The molecule has 18 heteroatoms. The van der Waals surface area contributed by atoms with Crippen molar-refractivity contribution in [2.24, 2.45) is 23.5 Å². The molecule has 16 nitrogen and oxygen atoms in total. The van der Waals surface area contributed by atoms with Gasteiger partial charge in [-0.2, -0.15) is 8.78 Å². The van der Waals surface area contributed by atoms with E-state index < -0.39 is 54.7 Å². The lowest BCUT2D eigenvalue weighted by Crippen LogP contribution is -2.52. The maximum atomic E-state index is 14.0. The number of primary amides is 1. The molecule has 6 atom stereocenters. The van der Waals surface area contributed by atoms with Crippen molar-refractivity contribution in [2.75, 3.05) is 20.3 Å². The number of benzene rings is 3. The van der Waals surface area contributed by atoms with E-state index in [2.05, 4.69) is 31.1 Å². The zero-order valence-corrected chi connectivity index (χ0v) is 35.9. The highest BCUT2D eigenvalue weighted by atomic mass is 19.3. The van der Waals surface area contributed by atoms with Crippen LogP contribution in [-0.4, -0.2) is 98.8 Å². The normalized spacial score (nSPS) is 20.6. The van der Waals surface area contributed by atoms with Crippen LogP contribution in [0.4, 0.5) is 18.4 Å². The molecule has 2 saturated heterocycles. The van der Waals surface area contributed by atoms with Gasteiger partial charge in [0.15, 0.2) is 6.10 Å². The largest absolute Gasteiger partial charge is 0.488 e. The first kappa shape index (κ1) is 43.4. The van der Waals surface area contributed by atoms with Gasteiger partial charge < -0.3 is 49.8 Å². The topological polar surface area (TPSA) is 207 Å². The van der Waals surface area contributed by atoms with Crippen LogP contribution in [0.3, 0.4) is 0 Å². The second-order valence-electron chi connectivity index (χ2n) is 17.3. The molecule has 2 fully saturated rings. The van der Waals surface area contributed by atoms with E-state index >= 15 is 0 Å². The van der Waals surface area contributed by atoms with Crippen molar-refractivity contribution in [1.29, 1.82) is 0 Å². The Hall–Kier alpha value is -6.30. The van der Waals surface area contributed by atoms with Crippen LogP contribution in [0, 0.1) is 17.8 Å². The maximum absolute atomic E-state index is 14.0. The first-order valence-corrected chi connectivity index (χ1v) is 21.2. The second kappa shape index (κ2) is 17.5. The summed E-state index contributed by atoms with van der Waals surface area (Å²) in [5, 5.41) is 4.62. The fourth-order valence-electron chi connectivity index (χ4n) is 9.29. The van der Waals surface area contributed by atoms with Crippen LogP contribution >= 0.6 is 0 Å². The summed E-state index contributed by atoms with van der Waals surface area (Å²) in [7, 11) is 1.28. The zero-order chi connectivity index (χ0) is 44.9. The highest BCUT2D eigenvalue weighted by molar-refractivity contribution is 6.07. The number of nitrogens with zero attached hydrogens (tertiary/aromatic N) is 4. The SMILES string of the molecule is COC(=O)N[C@H](C(=O)N1[C@@H](C)CC[C@H]1c1nc2ccc3cc4c(cc3c2[nH]1)OCc1cc(-c2cnc([C@@H]3C[C@H](COC(F)F)CN3C(=O)[C@@H](OC(N)=O)C(C)C)[nH]2)ccc1-4)C(C)C. The molecule has 3 aromatic carbocycles. The summed E-state index contributed by atoms with van der Waals surface area (Å²) in [5.74, 6) is 0.208. The average molecular weight is 871 g/mol. The van der Waals surface area contributed by atoms with Crippen molar-refractivity contribution in [1.82, 2.24) is 35.1 Å². The molecule has 8 rings (SSSR count). The number of imidazole rings is 2. The number of amides is 4. The Morgan fingerprint density at radius 1 is 0.968 bits per heavy atom. The molecule has 5 aromatic rings. The summed E-state index contributed by atoms with van der Waals surface area (Å²) in [5.41, 5.74) is 11.3. The van der Waals surface area contributed by atoms with E-state index in [9.17, 15) is 28.0 Å². The van der Waals surface area contributed by atoms with Gasteiger partial charge in [-0.3, -0.25) is 9.59 Å². The minimum absolute atomic E-state index is 0.0538. The van der Waals surface area contributed by atoms with E-state index in [0.717, 1.165) is 56.9 Å². The summed E-state index contributed by atoms with van der Waals surface area (Å²) < 4.78 is 47.0. The van der Waals surface area contributed by atoms with Crippen molar-refractivity contribution in [3.05, 3.63) is 65.9 Å². The van der Waals surface area contributed by atoms with E-state index in [0.29, 0.717) is 36.1 Å². The Kier molecular flexibility index (Phi) is 12.0. The summed E-state index contributed by atoms with van der Waals surface area (Å²) in [4.78, 5) is 71.4. The third-order valence-electron chi connectivity index (χ3n) is 12.4. The lowest BCUT2D eigenvalue weighted by atomic mass is 9.92. The number of hydrogen-bond donors (Lipinski definition) is 4. The predicted octanol–water partition coefficient (Wildman–Crippen LogP) is 7.35. The highest BCUT2D eigenvalue weighted by Crippen LogP contribution is 2.44. The number of alkyl halides is 2. The van der Waals surface area contributed by atoms with Gasteiger partial charge in [0.05, 0.1) is 48.7 Å². The fraction of sp³-hybridized carbons (Fsp3) is 0.467. The molecule has 3 aliphatic rings. The number of aromatic nitrogens is 4. The van der Waals surface area contributed by atoms with Crippen LogP contribution in [0.5, 0.6) is 5.75 Å². The van der Waals surface area contributed by atoms with Crippen molar-refractivity contribution >= 4 is 45.8 Å². The lowest BCUT2D eigenvalue weighted by Gasteiger charge is -2.32. The van der Waals surface area contributed by atoms with Crippen molar-refractivity contribution in [3.8, 4) is 28.1 Å². The van der Waals surface area contributed by atoms with Gasteiger partial charge in [0.2, 0.25) is 5.91 Å². The first-order chi connectivity index (χ1) is 30.1. The number of nitrogens with two attached hydrogens (primary N) is 1. The fourth-order valence-corrected chi connectivity index (χ4v) is 9.29. The van der Waals surface area contributed by atoms with Gasteiger partial charge in [0, 0.05) is 29.5 Å². The van der Waals surface area contributed by atoms with Crippen LogP contribution < -0.4 is 15.8 Å². The molecule has 0 saturated carbocycles. The van der Waals surface area contributed by atoms with Crippen molar-refractivity contribution < 1.29 is 46.9 Å². The van der Waals surface area contributed by atoms with E-state index in [1.807, 2.05) is 62.1 Å². The standard InChI is InChI=1S/C45H52F2N8O8/c1-21(2)36(53-45(59)60-6)41(56)55-23(5)7-12-33(55)40-50-31-11-9-25-15-30-28-10-8-26(14-27(28)20-61-35(30)16-29(25)37(31)52-40)32-17-49-39(51-32)34-13-24(19-62-43(46)47)18-54(34)42(57)38(22(3)4)63-44(48)58/h8-11,14-17,21-24,33-34,36,38,43H,7,12-13,18-20H2,1-6H3,(H2,48,58)(H,49,51)(H,50,52)(H,53,59)/t23-,24-,33-,34-,36-,38-/m0/s1. The molecule has 0 aliphatic carbocycles. The monoisotopic (exact) mass is 870 g/mol. The van der Waals surface area contributed by atoms with Crippen LogP contribution in [0.15, 0.2) is 48.7 Å². The van der Waals surface area contributed by atoms with Crippen LogP contribution in [-0.2, 0) is 30.4 Å². The summed E-state index contributed by atoms with van der Waals surface area (Å²) in [6, 6.07) is 12.4. The Morgan fingerprint density at radius 3 is 2.48 bits per heavy atom. The third kappa shape index (κ3) is 8.47. The molecule has 0 bridgehead atoms. The Bertz CT molecular complexity index is 2560. The number of rotatable bonds is 12. The maximum Gasteiger partial charge on any atom is 0.407 e. The van der Waals surface area contributed by atoms with Gasteiger partial charge in [-0.05, 0) is 84.4 Å². The summed E-state index contributed by atoms with van der Waals surface area (Å²) >= 11 is 0. The van der Waals surface area contributed by atoms with Crippen LogP contribution in [0.2, 0.25) is 0 Å². The number of ether oxygens (including phenoxy) is 4. The molecular formula is C45H52F2N8O8. The van der Waals surface area contributed by atoms with E-state index in [1.54, 1.807) is 20.0 Å². The molecule has 0 radical (unpaired) electrons. The smallest absolute Gasteiger partial charge is 0.407 e. The molecule has 5 heterocycles. The van der Waals surface area contributed by atoms with Gasteiger partial charge >= 0.3 is 18.8 Å². The third-order valence-corrected chi connectivity index (χ3v) is 12.4. The summed E-state index contributed by atoms with van der Waals surface area (Å²) in [6.45, 7) is 6.43. The quantitative estimate of drug-likeness (QED) is 0.0981. The zero-order valence-electron chi connectivity index (χ0n) is 35.9. The molecule has 0 unspecified atom stereocenters. The van der Waals surface area contributed by atoms with E-state index in [-0.39, 0.29) is 37.1 Å². The minimum atomic E-state index is -2.95. The Balaban J connectivity index is 1.05. The molecule has 334 valence electrons. The number of H-pyrrole nitrogens is 2. The summed E-state index contributed by atoms with van der Waals surface area (Å²) in [6.07, 6.45) is 0.572. The number of fused-ring (bicyclic) bond motifs is 6. The molecule has 2 aromatic heterocycles. The predicted molar refractivity (Wildman–Crippen MR) is 227 cm³/mol. The minimum Gasteiger partial charge on any atom is -0.488 e. The van der Waals surface area contributed by atoms with Crippen molar-refractivity contribution in [3.63, 3.8) is 0 Å². The second-order valence-corrected chi connectivity index (χ2v) is 17.3. The van der Waals surface area contributed by atoms with Gasteiger partial charge in [0.1, 0.15) is 30.0 Å². The average Bonchev–Trinajstić information content (AvgIpc) is 4.08. The number of aromatic amines is 2. The highest BCUT2D eigenvalue weighted by Gasteiger charge is 2.43. The van der Waals surface area contributed by atoms with Gasteiger partial charge in [-0.25, -0.2) is 19.6 Å². The van der Waals surface area contributed by atoms with Gasteiger partial charge in [0.25, 0.3) is 5.91 Å². The number of alkyl carbamates (subject to hydrolysis) is 1. The van der Waals surface area contributed by atoms with E-state index in [4.69, 9.17) is 24.9 Å². The number of likely N-dealkylation sites (tertiary alicyclic amines) is 2. The van der Waals surface area contributed by atoms with Crippen LogP contribution in [0.25, 0.3) is 44.2 Å². The number of methoxy groups -OCH3 is 1. The number of carbonyl (C=O) groups excluding carboxylic acids is 4. The van der Waals surface area contributed by atoms with Crippen molar-refractivity contribution in [2.45, 2.75) is 97.4 Å². The van der Waals surface area contributed by atoms with E-state index in [1.165, 1.54) is 12.0 Å². The number of halogens is 2. The molecule has 63 heavy (non-hydrogen) atoms. The Morgan fingerprint density at radius 2 is 1.76 bits per heavy atom. The molecule has 5 N–H and O–H groups in total. The number of nitrogens with one attached hydrogen (secondary N) is 3. The number of carbonyl (C=O) groups is 4. The molecule has 0 spiro atoms. The van der Waals surface area contributed by atoms with Gasteiger partial charge in [-0.1, -0.05) is 45.9 Å². The van der Waals surface area contributed by atoms with Gasteiger partial charge in [-0.15, -0.1) is 0 Å². The Labute approximate surface area is 362 Å². The molecule has 4 amide bonds.